The number of carbonyl (C=O) groups is 2. The first-order chi connectivity index (χ1) is 13.5. The van der Waals surface area contributed by atoms with E-state index in [9.17, 15) is 9.59 Å². The Morgan fingerprint density at radius 3 is 2.18 bits per heavy atom. The van der Waals surface area contributed by atoms with E-state index in [1.807, 2.05) is 24.3 Å². The second-order valence-corrected chi connectivity index (χ2v) is 5.79. The topological polar surface area (TPSA) is 90.5 Å². The van der Waals surface area contributed by atoms with E-state index in [1.54, 1.807) is 36.4 Å². The molecule has 7 heteroatoms. The fourth-order valence-corrected chi connectivity index (χ4v) is 2.60. The third kappa shape index (κ3) is 3.98. The summed E-state index contributed by atoms with van der Waals surface area (Å²) in [7, 11) is 1.25. The van der Waals surface area contributed by atoms with E-state index in [0.29, 0.717) is 11.3 Å². The van der Waals surface area contributed by atoms with Crippen LogP contribution in [0.1, 0.15) is 28.8 Å². The summed E-state index contributed by atoms with van der Waals surface area (Å²) in [4.78, 5) is 23.8. The Balaban J connectivity index is 2.18. The van der Waals surface area contributed by atoms with Crippen molar-refractivity contribution >= 4 is 17.6 Å². The van der Waals surface area contributed by atoms with Gasteiger partial charge in [-0.1, -0.05) is 48.5 Å². The first kappa shape index (κ1) is 19.0. The lowest BCUT2D eigenvalue weighted by Crippen LogP contribution is -2.30. The van der Waals surface area contributed by atoms with Crippen LogP contribution in [-0.2, 0) is 20.0 Å². The molecule has 142 valence electrons. The lowest BCUT2D eigenvalue weighted by molar-refractivity contribution is -0.155. The number of esters is 2. The highest BCUT2D eigenvalue weighted by Crippen LogP contribution is 2.38. The molecule has 0 aliphatic carbocycles. The molecule has 0 saturated heterocycles. The number of ether oxygens (including phenoxy) is 2. The Hall–Kier alpha value is -3.74. The Morgan fingerprint density at radius 2 is 1.57 bits per heavy atom. The maximum Gasteiger partial charge on any atom is 0.373 e. The van der Waals surface area contributed by atoms with Gasteiger partial charge in [0.2, 0.25) is 5.76 Å². The Labute approximate surface area is 161 Å². The van der Waals surface area contributed by atoms with Gasteiger partial charge < -0.3 is 13.9 Å². The predicted molar refractivity (Wildman–Crippen MR) is 100.0 cm³/mol. The first-order valence-electron chi connectivity index (χ1n) is 8.47. The third-order valence-electron chi connectivity index (χ3n) is 3.85. The van der Waals surface area contributed by atoms with Crippen LogP contribution in [0.15, 0.2) is 87.4 Å². The highest BCUT2D eigenvalue weighted by atomic mass is 16.6. The van der Waals surface area contributed by atoms with Crippen LogP contribution >= 0.6 is 0 Å². The van der Waals surface area contributed by atoms with E-state index < -0.39 is 17.7 Å². The van der Waals surface area contributed by atoms with Crippen molar-refractivity contribution in [1.29, 1.82) is 0 Å². The number of rotatable bonds is 6. The second-order valence-electron chi connectivity index (χ2n) is 5.79. The summed E-state index contributed by atoms with van der Waals surface area (Å²) in [6.07, 6.45) is 0. The van der Waals surface area contributed by atoms with Crippen molar-refractivity contribution in [2.45, 2.75) is 12.6 Å². The molecule has 3 rings (SSSR count). The van der Waals surface area contributed by atoms with Gasteiger partial charge in [-0.15, -0.1) is 5.11 Å². The Kier molecular flexibility index (Phi) is 5.64. The van der Waals surface area contributed by atoms with Crippen molar-refractivity contribution in [3.8, 4) is 0 Å². The molecule has 1 heterocycles. The molecule has 7 nitrogen and oxygen atoms in total. The van der Waals surface area contributed by atoms with Gasteiger partial charge in [0.15, 0.2) is 5.76 Å². The number of carbonyl (C=O) groups excluding carboxylic acids is 2. The van der Waals surface area contributed by atoms with Crippen molar-refractivity contribution in [3.05, 3.63) is 89.9 Å². The van der Waals surface area contributed by atoms with Gasteiger partial charge >= 0.3 is 17.7 Å². The van der Waals surface area contributed by atoms with E-state index in [-0.39, 0.29) is 11.5 Å². The number of hydrogen-bond acceptors (Lipinski definition) is 7. The molecule has 0 fully saturated rings. The van der Waals surface area contributed by atoms with E-state index in [0.717, 1.165) is 0 Å². The van der Waals surface area contributed by atoms with Crippen LogP contribution in [0.2, 0.25) is 0 Å². The smallest absolute Gasteiger partial charge is 0.373 e. The van der Waals surface area contributed by atoms with Gasteiger partial charge in [-0.25, -0.2) is 4.79 Å². The largest absolute Gasteiger partial charge is 0.463 e. The minimum Gasteiger partial charge on any atom is -0.463 e. The van der Waals surface area contributed by atoms with E-state index in [4.69, 9.17) is 9.15 Å². The lowest BCUT2D eigenvalue weighted by atomic mass is 10.0. The summed E-state index contributed by atoms with van der Waals surface area (Å²) in [5.41, 5.74) is -0.625. The minimum absolute atomic E-state index is 0.0418. The number of azo groups is 1. The summed E-state index contributed by atoms with van der Waals surface area (Å²) >= 11 is 0. The van der Waals surface area contributed by atoms with Crippen LogP contribution < -0.4 is 0 Å². The number of furan rings is 1. The molecule has 0 radical (unpaired) electrons. The predicted octanol–water partition coefficient (Wildman–Crippen LogP) is 4.61. The Morgan fingerprint density at radius 1 is 0.929 bits per heavy atom. The second kappa shape index (κ2) is 8.30. The maximum absolute atomic E-state index is 12.0. The van der Waals surface area contributed by atoms with Gasteiger partial charge in [0.05, 0.1) is 12.8 Å². The van der Waals surface area contributed by atoms with Gasteiger partial charge in [0.25, 0.3) is 0 Å². The van der Waals surface area contributed by atoms with Crippen molar-refractivity contribution in [2.75, 3.05) is 7.11 Å². The maximum atomic E-state index is 12.0. The van der Waals surface area contributed by atoms with Crippen molar-refractivity contribution < 1.29 is 23.5 Å². The Bertz CT molecular complexity index is 982. The zero-order chi connectivity index (χ0) is 20.0. The molecule has 3 aromatic rings. The summed E-state index contributed by atoms with van der Waals surface area (Å²) in [5, 5.41) is 8.57. The van der Waals surface area contributed by atoms with Crippen LogP contribution in [-0.4, -0.2) is 19.0 Å². The standard InChI is InChI=1S/C21H18N2O5/c1-15(24)28-21(16-9-5-3-6-10-16,23-22-17-11-7-4-8-12-17)19-14-13-18(27-19)20(25)26-2/h3-14H,1-2H3. The van der Waals surface area contributed by atoms with E-state index >= 15 is 0 Å². The normalized spacial score (nSPS) is 13.1. The molecule has 0 N–H and O–H groups in total. The molecule has 1 aromatic heterocycles. The van der Waals surface area contributed by atoms with Crippen molar-refractivity contribution in [1.82, 2.24) is 0 Å². The highest BCUT2D eigenvalue weighted by Gasteiger charge is 2.42. The summed E-state index contributed by atoms with van der Waals surface area (Å²) < 4.78 is 15.9. The van der Waals surface area contributed by atoms with Gasteiger partial charge in [-0.05, 0) is 24.3 Å². The van der Waals surface area contributed by atoms with Gasteiger partial charge in [0, 0.05) is 12.5 Å². The molecule has 0 spiro atoms. The van der Waals surface area contributed by atoms with Crippen LogP contribution in [0.5, 0.6) is 0 Å². The molecule has 1 atom stereocenters. The highest BCUT2D eigenvalue weighted by molar-refractivity contribution is 5.86. The van der Waals surface area contributed by atoms with Crippen LogP contribution in [0.25, 0.3) is 0 Å². The van der Waals surface area contributed by atoms with Crippen LogP contribution in [0, 0.1) is 0 Å². The SMILES string of the molecule is COC(=O)c1ccc(C(N=Nc2ccccc2)(OC(C)=O)c2ccccc2)o1. The van der Waals surface area contributed by atoms with Crippen LogP contribution in [0.3, 0.4) is 0 Å². The van der Waals surface area contributed by atoms with E-state index in [2.05, 4.69) is 15.0 Å². The van der Waals surface area contributed by atoms with Gasteiger partial charge in [0.1, 0.15) is 0 Å². The number of nitrogens with zero attached hydrogens (tertiary/aromatic N) is 2. The molecule has 0 amide bonds. The van der Waals surface area contributed by atoms with Crippen molar-refractivity contribution in [3.63, 3.8) is 0 Å². The molecule has 2 aromatic carbocycles. The molecular formula is C21H18N2O5. The molecule has 1 unspecified atom stereocenters. The van der Waals surface area contributed by atoms with Crippen LogP contribution in [0.4, 0.5) is 5.69 Å². The van der Waals surface area contributed by atoms with Gasteiger partial charge in [-0.3, -0.25) is 4.79 Å². The van der Waals surface area contributed by atoms with E-state index in [1.165, 1.54) is 26.2 Å². The molecule has 0 aliphatic heterocycles. The first-order valence-corrected chi connectivity index (χ1v) is 8.47. The fraction of sp³-hybridized carbons (Fsp3) is 0.143. The molecular weight excluding hydrogens is 360 g/mol. The molecule has 0 bridgehead atoms. The number of methoxy groups -OCH3 is 1. The quantitative estimate of drug-likeness (QED) is 0.461. The molecule has 0 saturated carbocycles. The summed E-state index contributed by atoms with van der Waals surface area (Å²) in [5.74, 6) is -1.17. The third-order valence-corrected chi connectivity index (χ3v) is 3.85. The average Bonchev–Trinajstić information content (AvgIpc) is 3.22. The molecule has 28 heavy (non-hydrogen) atoms. The fourth-order valence-electron chi connectivity index (χ4n) is 2.60. The average molecular weight is 378 g/mol. The minimum atomic E-state index is -1.70. The lowest BCUT2D eigenvalue weighted by Gasteiger charge is -2.26. The molecule has 0 aliphatic rings. The van der Waals surface area contributed by atoms with Gasteiger partial charge in [-0.2, -0.15) is 5.11 Å². The number of benzene rings is 2. The monoisotopic (exact) mass is 378 g/mol. The zero-order valence-electron chi connectivity index (χ0n) is 15.4. The number of hydrogen-bond donors (Lipinski definition) is 0. The summed E-state index contributed by atoms with van der Waals surface area (Å²) in [6.45, 7) is 1.26. The zero-order valence-corrected chi connectivity index (χ0v) is 15.4. The summed E-state index contributed by atoms with van der Waals surface area (Å²) in [6, 6.07) is 20.8. The van der Waals surface area contributed by atoms with Crippen molar-refractivity contribution in [2.24, 2.45) is 10.2 Å².